The number of hydrogen-bond donors (Lipinski definition) is 0. The van der Waals surface area contributed by atoms with Crippen LogP contribution in [0.15, 0.2) is 54.7 Å². The summed E-state index contributed by atoms with van der Waals surface area (Å²) in [7, 11) is 0. The van der Waals surface area contributed by atoms with E-state index >= 15 is 0 Å². The SMILES string of the molecule is CC(=O)c1ccc(N2C(=O)c3cnc4c(c(C)nn4-c4ccc(Cl)cc4)c3C2=O)cc1. The predicted octanol–water partition coefficient (Wildman–Crippen LogP) is 4.39. The number of carbonyl (C=O) groups excluding carboxylic acids is 3. The molecule has 4 aromatic rings. The second kappa shape index (κ2) is 6.85. The van der Waals surface area contributed by atoms with Gasteiger partial charge >= 0.3 is 0 Å². The van der Waals surface area contributed by atoms with E-state index in [4.69, 9.17) is 11.6 Å². The van der Waals surface area contributed by atoms with E-state index in [9.17, 15) is 14.4 Å². The van der Waals surface area contributed by atoms with Crippen LogP contribution in [0.3, 0.4) is 0 Å². The summed E-state index contributed by atoms with van der Waals surface area (Å²) in [6, 6.07) is 13.5. The number of hydrogen-bond acceptors (Lipinski definition) is 5. The third-order valence-electron chi connectivity index (χ3n) is 5.32. The Morgan fingerprint density at radius 1 is 0.935 bits per heavy atom. The Bertz CT molecular complexity index is 1410. The second-order valence-electron chi connectivity index (χ2n) is 7.27. The number of rotatable bonds is 3. The number of halogens is 1. The molecule has 0 unspecified atom stereocenters. The van der Waals surface area contributed by atoms with E-state index in [0.717, 1.165) is 10.6 Å². The van der Waals surface area contributed by atoms with Crippen molar-refractivity contribution in [2.45, 2.75) is 13.8 Å². The molecular weight excluding hydrogens is 416 g/mol. The molecule has 3 heterocycles. The quantitative estimate of drug-likeness (QED) is 0.355. The van der Waals surface area contributed by atoms with E-state index in [-0.39, 0.29) is 16.9 Å². The van der Waals surface area contributed by atoms with Gasteiger partial charge in [0, 0.05) is 16.8 Å². The minimum absolute atomic E-state index is 0.0925. The van der Waals surface area contributed by atoms with Gasteiger partial charge in [0.1, 0.15) is 0 Å². The number of fused-ring (bicyclic) bond motifs is 3. The largest absolute Gasteiger partial charge is 0.295 e. The maximum Gasteiger partial charge on any atom is 0.267 e. The van der Waals surface area contributed by atoms with E-state index in [1.54, 1.807) is 60.1 Å². The van der Waals surface area contributed by atoms with Crippen molar-refractivity contribution in [3.8, 4) is 5.69 Å². The van der Waals surface area contributed by atoms with Crippen LogP contribution in [0.1, 0.15) is 43.7 Å². The molecule has 0 saturated heterocycles. The minimum atomic E-state index is -0.455. The highest BCUT2D eigenvalue weighted by Gasteiger charge is 2.40. The fourth-order valence-electron chi connectivity index (χ4n) is 3.80. The third kappa shape index (κ3) is 2.85. The lowest BCUT2D eigenvalue weighted by Crippen LogP contribution is -2.29. The molecule has 0 fully saturated rings. The number of pyridine rings is 1. The maximum atomic E-state index is 13.3. The smallest absolute Gasteiger partial charge is 0.267 e. The van der Waals surface area contributed by atoms with Crippen molar-refractivity contribution in [3.63, 3.8) is 0 Å². The van der Waals surface area contributed by atoms with Gasteiger partial charge in [0.15, 0.2) is 11.4 Å². The number of nitrogens with zero attached hydrogens (tertiary/aromatic N) is 4. The zero-order valence-electron chi connectivity index (χ0n) is 16.6. The van der Waals surface area contributed by atoms with E-state index < -0.39 is 11.8 Å². The molecule has 0 bridgehead atoms. The first-order chi connectivity index (χ1) is 14.9. The highest BCUT2D eigenvalue weighted by atomic mass is 35.5. The van der Waals surface area contributed by atoms with Gasteiger partial charge in [-0.2, -0.15) is 5.10 Å². The van der Waals surface area contributed by atoms with E-state index in [1.807, 2.05) is 0 Å². The minimum Gasteiger partial charge on any atom is -0.295 e. The Kier molecular flexibility index (Phi) is 4.23. The molecule has 7 nitrogen and oxygen atoms in total. The Hall–Kier alpha value is -3.84. The summed E-state index contributed by atoms with van der Waals surface area (Å²) in [5, 5.41) is 5.68. The van der Waals surface area contributed by atoms with Crippen molar-refractivity contribution >= 4 is 45.9 Å². The van der Waals surface area contributed by atoms with Gasteiger partial charge in [-0.15, -0.1) is 0 Å². The Morgan fingerprint density at radius 2 is 1.58 bits per heavy atom. The lowest BCUT2D eigenvalue weighted by Gasteiger charge is -2.14. The van der Waals surface area contributed by atoms with Crippen LogP contribution in [-0.4, -0.2) is 32.4 Å². The molecule has 0 atom stereocenters. The number of carbonyl (C=O) groups is 3. The summed E-state index contributed by atoms with van der Waals surface area (Å²) < 4.78 is 1.63. The van der Waals surface area contributed by atoms with Gasteiger partial charge in [-0.3, -0.25) is 14.4 Å². The lowest BCUT2D eigenvalue weighted by atomic mass is 10.1. The van der Waals surface area contributed by atoms with Crippen molar-refractivity contribution in [2.75, 3.05) is 4.90 Å². The molecule has 5 rings (SSSR count). The average molecular weight is 431 g/mol. The van der Waals surface area contributed by atoms with E-state index in [1.165, 1.54) is 13.1 Å². The van der Waals surface area contributed by atoms with Gasteiger partial charge in [0.25, 0.3) is 11.8 Å². The number of benzene rings is 2. The van der Waals surface area contributed by atoms with Crippen molar-refractivity contribution < 1.29 is 14.4 Å². The van der Waals surface area contributed by atoms with Crippen LogP contribution >= 0.6 is 11.6 Å². The summed E-state index contributed by atoms with van der Waals surface area (Å²) in [5.41, 5.74) is 3.22. The van der Waals surface area contributed by atoms with Crippen LogP contribution in [0.2, 0.25) is 5.02 Å². The molecular formula is C23H15ClN4O3. The summed E-state index contributed by atoms with van der Waals surface area (Å²) >= 11 is 5.98. The molecule has 152 valence electrons. The van der Waals surface area contributed by atoms with Gasteiger partial charge in [0.2, 0.25) is 0 Å². The van der Waals surface area contributed by atoms with E-state index in [2.05, 4.69) is 10.1 Å². The van der Waals surface area contributed by atoms with Gasteiger partial charge in [0.05, 0.1) is 33.6 Å². The standard InChI is InChI=1S/C23H15ClN4O3/c1-12-19-20-18(11-25-21(19)28(26-12)17-9-5-15(24)6-10-17)22(30)27(23(20)31)16-7-3-14(4-8-16)13(2)29/h3-11H,1-2H3. The monoisotopic (exact) mass is 430 g/mol. The van der Waals surface area contributed by atoms with Crippen molar-refractivity contribution in [1.29, 1.82) is 0 Å². The van der Waals surface area contributed by atoms with Crippen LogP contribution < -0.4 is 4.90 Å². The predicted molar refractivity (Wildman–Crippen MR) is 116 cm³/mol. The van der Waals surface area contributed by atoms with Crippen LogP contribution in [-0.2, 0) is 0 Å². The zero-order valence-corrected chi connectivity index (χ0v) is 17.3. The highest BCUT2D eigenvalue weighted by molar-refractivity contribution is 6.37. The molecule has 0 N–H and O–H groups in total. The van der Waals surface area contributed by atoms with Gasteiger partial charge in [-0.25, -0.2) is 14.6 Å². The first kappa shape index (κ1) is 19.1. The molecule has 31 heavy (non-hydrogen) atoms. The molecule has 8 heteroatoms. The number of aromatic nitrogens is 3. The normalized spacial score (nSPS) is 13.2. The average Bonchev–Trinajstić information content (AvgIpc) is 3.23. The van der Waals surface area contributed by atoms with Crippen molar-refractivity contribution in [2.24, 2.45) is 0 Å². The molecule has 0 aliphatic carbocycles. The fourth-order valence-corrected chi connectivity index (χ4v) is 3.93. The first-order valence-electron chi connectivity index (χ1n) is 9.51. The molecule has 0 spiro atoms. The molecule has 0 saturated carbocycles. The molecule has 0 radical (unpaired) electrons. The Labute approximate surface area is 181 Å². The van der Waals surface area contributed by atoms with Crippen LogP contribution in [0.4, 0.5) is 5.69 Å². The van der Waals surface area contributed by atoms with Crippen LogP contribution in [0.5, 0.6) is 0 Å². The zero-order chi connectivity index (χ0) is 21.9. The number of Topliss-reactive ketones (excluding diaryl/α,β-unsaturated/α-hetero) is 1. The second-order valence-corrected chi connectivity index (χ2v) is 7.70. The summed E-state index contributed by atoms with van der Waals surface area (Å²) in [6.07, 6.45) is 1.41. The molecule has 1 aliphatic rings. The third-order valence-corrected chi connectivity index (χ3v) is 5.58. The van der Waals surface area contributed by atoms with Crippen molar-refractivity contribution in [3.05, 3.63) is 82.1 Å². The molecule has 2 aromatic heterocycles. The number of aryl methyl sites for hydroxylation is 1. The van der Waals surface area contributed by atoms with Gasteiger partial charge in [-0.05, 0) is 62.4 Å². The number of amides is 2. The van der Waals surface area contributed by atoms with Crippen LogP contribution in [0, 0.1) is 6.92 Å². The maximum absolute atomic E-state index is 13.3. The molecule has 2 amide bonds. The van der Waals surface area contributed by atoms with Gasteiger partial charge in [-0.1, -0.05) is 11.6 Å². The summed E-state index contributed by atoms with van der Waals surface area (Å²) in [6.45, 7) is 3.24. The van der Waals surface area contributed by atoms with Gasteiger partial charge < -0.3 is 0 Å². The fraction of sp³-hybridized carbons (Fsp3) is 0.0870. The number of ketones is 1. The molecule has 1 aliphatic heterocycles. The van der Waals surface area contributed by atoms with Crippen molar-refractivity contribution in [1.82, 2.24) is 14.8 Å². The summed E-state index contributed by atoms with van der Waals surface area (Å²) in [5.74, 6) is -0.990. The number of imide groups is 1. The van der Waals surface area contributed by atoms with E-state index in [0.29, 0.717) is 33.0 Å². The summed E-state index contributed by atoms with van der Waals surface area (Å²) in [4.78, 5) is 43.5. The topological polar surface area (TPSA) is 85.2 Å². The number of anilines is 1. The lowest BCUT2D eigenvalue weighted by molar-refractivity contribution is 0.0925. The first-order valence-corrected chi connectivity index (χ1v) is 9.88. The van der Waals surface area contributed by atoms with Crippen LogP contribution in [0.25, 0.3) is 16.7 Å². The molecule has 2 aromatic carbocycles. The Morgan fingerprint density at radius 3 is 2.23 bits per heavy atom. The highest BCUT2D eigenvalue weighted by Crippen LogP contribution is 2.34. The Balaban J connectivity index is 1.65.